The molecule has 0 amide bonds. The maximum Gasteiger partial charge on any atom is 0.275 e. The van der Waals surface area contributed by atoms with Crippen molar-refractivity contribution in [3.05, 3.63) is 88.0 Å². The van der Waals surface area contributed by atoms with Gasteiger partial charge in [-0.15, -0.1) is 0 Å². The van der Waals surface area contributed by atoms with E-state index >= 15 is 0 Å². The number of phenols is 1. The first-order valence-electron chi connectivity index (χ1n) is 16.8. The van der Waals surface area contributed by atoms with Crippen molar-refractivity contribution in [3.63, 3.8) is 0 Å². The highest BCUT2D eigenvalue weighted by Crippen LogP contribution is 2.41. The van der Waals surface area contributed by atoms with Crippen molar-refractivity contribution in [3.8, 4) is 17.2 Å². The molecule has 1 N–H and O–H groups in total. The predicted molar refractivity (Wildman–Crippen MR) is 203 cm³/mol. The Kier molecular flexibility index (Phi) is 12.0. The van der Waals surface area contributed by atoms with Gasteiger partial charge in [0.1, 0.15) is 17.2 Å². The van der Waals surface area contributed by atoms with Gasteiger partial charge in [-0.25, -0.2) is 0 Å². The molecule has 0 spiro atoms. The maximum absolute atomic E-state index is 9.84. The van der Waals surface area contributed by atoms with Gasteiger partial charge in [-0.2, -0.15) is 0 Å². The minimum absolute atomic E-state index is 0.00794. The van der Waals surface area contributed by atoms with E-state index in [0.717, 1.165) is 17.1 Å². The molecule has 3 rings (SSSR count). The number of benzene rings is 3. The summed E-state index contributed by atoms with van der Waals surface area (Å²) in [6.45, 7) is 39.8. The van der Waals surface area contributed by atoms with Gasteiger partial charge in [-0.3, -0.25) is 0 Å². The molecule has 0 aliphatic heterocycles. The lowest BCUT2D eigenvalue weighted by Gasteiger charge is -2.28. The molecule has 0 aliphatic rings. The summed E-state index contributed by atoms with van der Waals surface area (Å²) in [5, 5.41) is 9.84. The van der Waals surface area contributed by atoms with E-state index in [1.165, 1.54) is 27.8 Å². The van der Waals surface area contributed by atoms with Gasteiger partial charge in [0, 0.05) is 11.1 Å². The molecule has 0 aliphatic carbocycles. The van der Waals surface area contributed by atoms with E-state index in [0.29, 0.717) is 5.75 Å². The molecule has 3 nitrogen and oxygen atoms in total. The topological polar surface area (TPSA) is 38.7 Å². The van der Waals surface area contributed by atoms with Gasteiger partial charge >= 0.3 is 0 Å². The van der Waals surface area contributed by atoms with Crippen LogP contribution in [0.5, 0.6) is 17.2 Å². The normalized spacial score (nSPS) is 13.2. The monoisotopic (exact) mass is 648 g/mol. The van der Waals surface area contributed by atoms with Crippen LogP contribution in [0.25, 0.3) is 0 Å². The largest absolute Gasteiger partial charge is 0.508 e. The van der Waals surface area contributed by atoms with Crippen molar-refractivity contribution in [1.29, 1.82) is 0 Å². The average Bonchev–Trinajstić information content (AvgIpc) is 2.86. The van der Waals surface area contributed by atoms with Gasteiger partial charge in [0.05, 0.1) is 0 Å². The summed E-state index contributed by atoms with van der Waals surface area (Å²) in [6, 6.07) is 19.1. The summed E-state index contributed by atoms with van der Waals surface area (Å²) >= 11 is 0. The van der Waals surface area contributed by atoms with Gasteiger partial charge in [-0.1, -0.05) is 161 Å². The Labute approximate surface area is 284 Å². The summed E-state index contributed by atoms with van der Waals surface area (Å²) in [6.07, 6.45) is 0. The Morgan fingerprint density at radius 3 is 0.957 bits per heavy atom. The van der Waals surface area contributed by atoms with E-state index in [2.05, 4.69) is 167 Å². The van der Waals surface area contributed by atoms with E-state index in [4.69, 9.17) is 9.05 Å². The molecule has 0 radical (unpaired) electrons. The van der Waals surface area contributed by atoms with Gasteiger partial charge < -0.3 is 14.2 Å². The third-order valence-electron chi connectivity index (χ3n) is 8.28. The van der Waals surface area contributed by atoms with Crippen LogP contribution in [0.2, 0.25) is 0 Å². The molecular formula is C42H65O3P. The first-order valence-corrected chi connectivity index (χ1v) is 17.6. The minimum Gasteiger partial charge on any atom is -0.508 e. The zero-order valence-corrected chi connectivity index (χ0v) is 33.5. The fraction of sp³-hybridized carbons (Fsp3) is 0.571. The highest BCUT2D eigenvalue weighted by atomic mass is 31.1. The third kappa shape index (κ3) is 11.0. The number of phenolic OH excluding ortho intramolecular Hbond substituents is 1. The first-order chi connectivity index (χ1) is 20.5. The molecule has 4 heteroatoms. The Balaban J connectivity index is 0.000000410. The molecule has 0 saturated heterocycles. The summed E-state index contributed by atoms with van der Waals surface area (Å²) < 4.78 is 12.4. The van der Waals surface area contributed by atoms with Crippen molar-refractivity contribution in [1.82, 2.24) is 0 Å². The van der Waals surface area contributed by atoms with Gasteiger partial charge in [0.25, 0.3) is 9.03 Å². The fourth-order valence-corrected chi connectivity index (χ4v) is 5.63. The lowest BCUT2D eigenvalue weighted by Crippen LogP contribution is -2.17. The molecule has 3 aromatic rings. The van der Waals surface area contributed by atoms with Crippen LogP contribution in [-0.4, -0.2) is 5.11 Å². The smallest absolute Gasteiger partial charge is 0.275 e. The Hall–Kier alpha value is -2.51. The van der Waals surface area contributed by atoms with E-state index in [9.17, 15) is 5.11 Å². The molecule has 3 aromatic carbocycles. The van der Waals surface area contributed by atoms with Gasteiger partial charge in [0.2, 0.25) is 0 Å². The third-order valence-corrected chi connectivity index (χ3v) is 8.89. The SMILES string of the molecule is CC(C)(C)c1ccc(O)c(C(C)(C)C)c1.CC(C)(C)c1ccc(OPOc2ccc(C(C)(C)C)cc2C(C)(C)C)c(C(C)(C)C)c1. The molecule has 0 bridgehead atoms. The standard InChI is InChI=1S/C28H43O2P.C14H22O/c1-25(2,3)19-13-15-23(21(17-19)27(7,8)9)29-31-30-24-16-14-20(26(4,5)6)18-22(24)28(10,11)12;1-13(2,3)10-7-8-12(15)11(9-10)14(4,5)6/h13-18,31H,1-12H3;7-9,15H,1-6H3. The quantitative estimate of drug-likeness (QED) is 0.286. The zero-order valence-electron chi connectivity index (χ0n) is 32.5. The van der Waals surface area contributed by atoms with Crippen molar-refractivity contribution in [2.75, 3.05) is 0 Å². The molecule has 0 atom stereocenters. The molecule has 0 unspecified atom stereocenters. The summed E-state index contributed by atoms with van der Waals surface area (Å²) in [4.78, 5) is 0. The second kappa shape index (κ2) is 13.9. The van der Waals surface area contributed by atoms with Crippen LogP contribution in [0.1, 0.15) is 158 Å². The van der Waals surface area contributed by atoms with Crippen LogP contribution in [0, 0.1) is 0 Å². The van der Waals surface area contributed by atoms with Gasteiger partial charge in [0.15, 0.2) is 0 Å². The molecule has 0 aromatic heterocycles. The minimum atomic E-state index is -0.0951. The molecule has 256 valence electrons. The van der Waals surface area contributed by atoms with Crippen LogP contribution >= 0.6 is 9.03 Å². The second-order valence-electron chi connectivity index (χ2n) is 18.9. The summed E-state index contributed by atoms with van der Waals surface area (Å²) in [7, 11) is -0.0951. The van der Waals surface area contributed by atoms with Crippen LogP contribution in [0.15, 0.2) is 54.6 Å². The first kappa shape index (κ1) is 39.7. The van der Waals surface area contributed by atoms with Crippen LogP contribution in [0.3, 0.4) is 0 Å². The molecule has 0 saturated carbocycles. The number of hydrogen-bond donors (Lipinski definition) is 1. The number of hydrogen-bond acceptors (Lipinski definition) is 3. The van der Waals surface area contributed by atoms with E-state index in [-0.39, 0.29) is 41.5 Å². The lowest BCUT2D eigenvalue weighted by atomic mass is 9.80. The van der Waals surface area contributed by atoms with Crippen molar-refractivity contribution in [2.45, 2.75) is 157 Å². The highest BCUT2D eigenvalue weighted by molar-refractivity contribution is 7.27. The molecule has 0 fully saturated rings. The molecule has 0 heterocycles. The second-order valence-corrected chi connectivity index (χ2v) is 19.5. The zero-order chi connectivity index (χ0) is 35.7. The molecular weight excluding hydrogens is 583 g/mol. The maximum atomic E-state index is 9.84. The predicted octanol–water partition coefficient (Wildman–Crippen LogP) is 12.8. The van der Waals surface area contributed by atoms with Crippen LogP contribution < -0.4 is 9.05 Å². The number of rotatable bonds is 4. The average molecular weight is 649 g/mol. The van der Waals surface area contributed by atoms with Gasteiger partial charge in [-0.05, 0) is 72.9 Å². The Morgan fingerprint density at radius 2 is 0.674 bits per heavy atom. The summed E-state index contributed by atoms with van der Waals surface area (Å²) in [5.74, 6) is 2.21. The summed E-state index contributed by atoms with van der Waals surface area (Å²) in [5.41, 5.74) is 7.69. The van der Waals surface area contributed by atoms with Crippen LogP contribution in [-0.2, 0) is 32.5 Å². The van der Waals surface area contributed by atoms with E-state index in [1.54, 1.807) is 6.07 Å². The van der Waals surface area contributed by atoms with Crippen molar-refractivity contribution in [2.24, 2.45) is 0 Å². The number of aromatic hydroxyl groups is 1. The van der Waals surface area contributed by atoms with Crippen molar-refractivity contribution >= 4 is 9.03 Å². The van der Waals surface area contributed by atoms with E-state index in [1.807, 2.05) is 6.07 Å². The lowest BCUT2D eigenvalue weighted by molar-refractivity contribution is 0.444. The van der Waals surface area contributed by atoms with Crippen molar-refractivity contribution < 1.29 is 14.2 Å². The Bertz CT molecular complexity index is 1380. The molecule has 46 heavy (non-hydrogen) atoms. The van der Waals surface area contributed by atoms with E-state index < -0.39 is 0 Å². The highest BCUT2D eigenvalue weighted by Gasteiger charge is 2.26. The fourth-order valence-electron chi connectivity index (χ4n) is 5.06. The Morgan fingerprint density at radius 1 is 0.391 bits per heavy atom. The van der Waals surface area contributed by atoms with Crippen LogP contribution in [0.4, 0.5) is 0 Å².